The summed E-state index contributed by atoms with van der Waals surface area (Å²) < 4.78 is 7.52. The van der Waals surface area contributed by atoms with Crippen LogP contribution in [0, 0.1) is 6.92 Å². The third-order valence-electron chi connectivity index (χ3n) is 4.73. The Morgan fingerprint density at radius 1 is 1.00 bits per heavy atom. The van der Waals surface area contributed by atoms with E-state index < -0.39 is 5.97 Å². The normalized spacial score (nSPS) is 10.9. The van der Waals surface area contributed by atoms with Gasteiger partial charge in [0.2, 0.25) is 0 Å². The van der Waals surface area contributed by atoms with Crippen molar-refractivity contribution in [2.75, 3.05) is 5.73 Å². The zero-order valence-electron chi connectivity index (χ0n) is 15.6. The number of hydrogen-bond donors (Lipinski definition) is 1. The number of nitrogens with two attached hydrogens (primary N) is 1. The second-order valence-electron chi connectivity index (χ2n) is 6.72. The number of fused-ring (bicyclic) bond motifs is 1. The van der Waals surface area contributed by atoms with Crippen LogP contribution < -0.4 is 5.73 Å². The van der Waals surface area contributed by atoms with Crippen molar-refractivity contribution in [3.63, 3.8) is 0 Å². The van der Waals surface area contributed by atoms with Crippen LogP contribution >= 0.6 is 0 Å². The number of nitrogens with zero attached hydrogens (tertiary/aromatic N) is 2. The van der Waals surface area contributed by atoms with E-state index in [1.165, 1.54) is 5.56 Å². The van der Waals surface area contributed by atoms with Crippen molar-refractivity contribution in [1.29, 1.82) is 0 Å². The number of carbonyl (C=O) groups is 1. The summed E-state index contributed by atoms with van der Waals surface area (Å²) in [6, 6.07) is 23.2. The summed E-state index contributed by atoms with van der Waals surface area (Å²) in [5.74, 6) is 0.423. The van der Waals surface area contributed by atoms with Crippen molar-refractivity contribution in [3.8, 4) is 0 Å². The Bertz CT molecular complexity index is 1120. The molecular weight excluding hydrogens is 350 g/mol. The van der Waals surface area contributed by atoms with Gasteiger partial charge in [-0.15, -0.1) is 0 Å². The number of nitrogen functional groups attached to an aromatic ring is 1. The van der Waals surface area contributed by atoms with Gasteiger partial charge >= 0.3 is 5.97 Å². The Hall–Kier alpha value is -3.60. The van der Waals surface area contributed by atoms with Crippen LogP contribution in [0.25, 0.3) is 11.0 Å². The number of ether oxygens (including phenoxy) is 1. The molecule has 4 aromatic rings. The van der Waals surface area contributed by atoms with Crippen LogP contribution in [0.5, 0.6) is 0 Å². The Morgan fingerprint density at radius 3 is 2.32 bits per heavy atom. The van der Waals surface area contributed by atoms with E-state index in [1.54, 1.807) is 12.1 Å². The third kappa shape index (κ3) is 3.60. The van der Waals surface area contributed by atoms with Crippen molar-refractivity contribution < 1.29 is 9.53 Å². The highest BCUT2D eigenvalue weighted by atomic mass is 16.5. The van der Waals surface area contributed by atoms with Gasteiger partial charge in [-0.3, -0.25) is 0 Å². The van der Waals surface area contributed by atoms with Crippen LogP contribution in [0.2, 0.25) is 0 Å². The molecule has 0 spiro atoms. The SMILES string of the molecule is Cc1nc2cc(C(=O)OCc3ccccc3)c(N)cc2n1Cc1ccccc1. The lowest BCUT2D eigenvalue weighted by Gasteiger charge is -2.10. The van der Waals surface area contributed by atoms with Crippen LogP contribution in [0.1, 0.15) is 27.3 Å². The van der Waals surface area contributed by atoms with Crippen LogP contribution in [0.4, 0.5) is 5.69 Å². The molecule has 0 unspecified atom stereocenters. The average Bonchev–Trinajstić information content (AvgIpc) is 3.01. The van der Waals surface area contributed by atoms with E-state index in [0.29, 0.717) is 17.8 Å². The lowest BCUT2D eigenvalue weighted by atomic mass is 10.1. The summed E-state index contributed by atoms with van der Waals surface area (Å²) in [6.45, 7) is 2.85. The summed E-state index contributed by atoms with van der Waals surface area (Å²) in [7, 11) is 0. The fourth-order valence-corrected chi connectivity index (χ4v) is 3.25. The third-order valence-corrected chi connectivity index (χ3v) is 4.73. The summed E-state index contributed by atoms with van der Waals surface area (Å²) in [4.78, 5) is 17.1. The van der Waals surface area contributed by atoms with Crippen LogP contribution in [0.15, 0.2) is 72.8 Å². The highest BCUT2D eigenvalue weighted by molar-refractivity contribution is 5.99. The van der Waals surface area contributed by atoms with E-state index in [1.807, 2.05) is 55.5 Å². The van der Waals surface area contributed by atoms with Crippen LogP contribution in [0.3, 0.4) is 0 Å². The predicted octanol–water partition coefficient (Wildman–Crippen LogP) is 4.33. The van der Waals surface area contributed by atoms with Gasteiger partial charge in [-0.2, -0.15) is 0 Å². The molecule has 4 rings (SSSR count). The Labute approximate surface area is 163 Å². The van der Waals surface area contributed by atoms with Crippen molar-refractivity contribution in [1.82, 2.24) is 9.55 Å². The first-order chi connectivity index (χ1) is 13.6. The summed E-state index contributed by atoms with van der Waals surface area (Å²) in [5.41, 5.74) is 10.7. The molecule has 28 heavy (non-hydrogen) atoms. The molecule has 5 nitrogen and oxygen atoms in total. The summed E-state index contributed by atoms with van der Waals surface area (Å²) in [5, 5.41) is 0. The number of hydrogen-bond acceptors (Lipinski definition) is 4. The van der Waals surface area contributed by atoms with Crippen LogP contribution in [-0.2, 0) is 17.9 Å². The van der Waals surface area contributed by atoms with Gasteiger partial charge in [0.1, 0.15) is 12.4 Å². The molecule has 0 saturated carbocycles. The number of carbonyl (C=O) groups excluding carboxylic acids is 1. The molecule has 0 amide bonds. The lowest BCUT2D eigenvalue weighted by molar-refractivity contribution is 0.0474. The molecule has 0 aliphatic carbocycles. The lowest BCUT2D eigenvalue weighted by Crippen LogP contribution is -2.09. The van der Waals surface area contributed by atoms with Gasteiger partial charge in [-0.25, -0.2) is 9.78 Å². The van der Waals surface area contributed by atoms with Crippen molar-refractivity contribution >= 4 is 22.7 Å². The average molecular weight is 371 g/mol. The Kier molecular flexibility index (Phi) is 4.81. The van der Waals surface area contributed by atoms with E-state index in [4.69, 9.17) is 10.5 Å². The van der Waals surface area contributed by atoms with E-state index in [2.05, 4.69) is 21.7 Å². The largest absolute Gasteiger partial charge is 0.457 e. The first-order valence-corrected chi connectivity index (χ1v) is 9.13. The van der Waals surface area contributed by atoms with Crippen molar-refractivity contribution in [2.24, 2.45) is 0 Å². The molecule has 0 saturated heterocycles. The van der Waals surface area contributed by atoms with Crippen molar-refractivity contribution in [2.45, 2.75) is 20.1 Å². The zero-order chi connectivity index (χ0) is 19.5. The molecule has 0 aliphatic rings. The van der Waals surface area contributed by atoms with E-state index in [-0.39, 0.29) is 6.61 Å². The molecule has 0 aliphatic heterocycles. The monoisotopic (exact) mass is 371 g/mol. The maximum Gasteiger partial charge on any atom is 0.340 e. The highest BCUT2D eigenvalue weighted by Gasteiger charge is 2.17. The van der Waals surface area contributed by atoms with Gasteiger partial charge in [0.05, 0.1) is 16.6 Å². The minimum atomic E-state index is -0.446. The fourth-order valence-electron chi connectivity index (χ4n) is 3.25. The maximum absolute atomic E-state index is 12.5. The number of rotatable bonds is 5. The molecule has 140 valence electrons. The topological polar surface area (TPSA) is 70.1 Å². The first kappa shape index (κ1) is 17.8. The molecular formula is C23H21N3O2. The molecule has 2 N–H and O–H groups in total. The number of aryl methyl sites for hydroxylation is 1. The molecule has 0 bridgehead atoms. The molecule has 0 fully saturated rings. The van der Waals surface area contributed by atoms with Crippen LogP contribution in [-0.4, -0.2) is 15.5 Å². The van der Waals surface area contributed by atoms with E-state index >= 15 is 0 Å². The standard InChI is InChI=1S/C23H21N3O2/c1-16-25-21-12-19(23(27)28-15-18-10-6-3-7-11-18)20(24)13-22(21)26(16)14-17-8-4-2-5-9-17/h2-13H,14-15,24H2,1H3. The van der Waals surface area contributed by atoms with Gasteiger partial charge in [-0.05, 0) is 30.2 Å². The number of aromatic nitrogens is 2. The number of imidazole rings is 1. The van der Waals surface area contributed by atoms with Gasteiger partial charge in [0.15, 0.2) is 0 Å². The number of benzene rings is 3. The molecule has 3 aromatic carbocycles. The van der Waals surface area contributed by atoms with Gasteiger partial charge in [0, 0.05) is 12.2 Å². The smallest absolute Gasteiger partial charge is 0.340 e. The highest BCUT2D eigenvalue weighted by Crippen LogP contribution is 2.25. The number of anilines is 1. The Balaban J connectivity index is 1.61. The van der Waals surface area contributed by atoms with Gasteiger partial charge in [-0.1, -0.05) is 60.7 Å². The second-order valence-corrected chi connectivity index (χ2v) is 6.72. The number of esters is 1. The molecule has 0 atom stereocenters. The van der Waals surface area contributed by atoms with E-state index in [9.17, 15) is 4.79 Å². The van der Waals surface area contributed by atoms with E-state index in [0.717, 1.165) is 22.4 Å². The van der Waals surface area contributed by atoms with Gasteiger partial charge in [0.25, 0.3) is 0 Å². The minimum absolute atomic E-state index is 0.207. The molecule has 1 aromatic heterocycles. The zero-order valence-corrected chi connectivity index (χ0v) is 15.6. The fraction of sp³-hybridized carbons (Fsp3) is 0.130. The quantitative estimate of drug-likeness (QED) is 0.419. The molecule has 0 radical (unpaired) electrons. The maximum atomic E-state index is 12.5. The van der Waals surface area contributed by atoms with Crippen molar-refractivity contribution in [3.05, 3.63) is 95.3 Å². The molecule has 5 heteroatoms. The first-order valence-electron chi connectivity index (χ1n) is 9.13. The predicted molar refractivity (Wildman–Crippen MR) is 110 cm³/mol. The summed E-state index contributed by atoms with van der Waals surface area (Å²) >= 11 is 0. The minimum Gasteiger partial charge on any atom is -0.457 e. The summed E-state index contributed by atoms with van der Waals surface area (Å²) in [6.07, 6.45) is 0. The van der Waals surface area contributed by atoms with Gasteiger partial charge < -0.3 is 15.0 Å². The second kappa shape index (κ2) is 7.56. The molecule has 1 heterocycles. The Morgan fingerprint density at radius 2 is 1.64 bits per heavy atom.